The van der Waals surface area contributed by atoms with E-state index in [1.54, 1.807) is 24.1 Å². The monoisotopic (exact) mass is 403 g/mol. The van der Waals surface area contributed by atoms with Gasteiger partial charge < -0.3 is 14.8 Å². The molecule has 1 aromatic carbocycles. The average molecular weight is 404 g/mol. The fourth-order valence-electron chi connectivity index (χ4n) is 2.75. The van der Waals surface area contributed by atoms with Gasteiger partial charge in [0, 0.05) is 13.2 Å². The molecule has 0 saturated carbocycles. The molecule has 0 aliphatic rings. The van der Waals surface area contributed by atoms with Crippen LogP contribution >= 0.6 is 11.6 Å². The summed E-state index contributed by atoms with van der Waals surface area (Å²) in [4.78, 5) is 12.4. The average Bonchev–Trinajstić information content (AvgIpc) is 3.23. The van der Waals surface area contributed by atoms with Gasteiger partial charge in [0.15, 0.2) is 11.5 Å². The van der Waals surface area contributed by atoms with Crippen molar-refractivity contribution in [3.05, 3.63) is 53.1 Å². The smallest absolute Gasteiger partial charge is 0.275 e. The van der Waals surface area contributed by atoms with Crippen LogP contribution in [0.2, 0.25) is 5.02 Å². The lowest BCUT2D eigenvalue weighted by atomic mass is 10.2. The molecule has 148 valence electrons. The molecule has 0 spiro atoms. The predicted octanol–water partition coefficient (Wildman–Crippen LogP) is 3.37. The van der Waals surface area contributed by atoms with Gasteiger partial charge in [0.2, 0.25) is 0 Å². The van der Waals surface area contributed by atoms with Crippen molar-refractivity contribution >= 4 is 23.2 Å². The first kappa shape index (κ1) is 19.8. The number of aromatic nitrogens is 4. The highest BCUT2D eigenvalue weighted by atomic mass is 35.5. The van der Waals surface area contributed by atoms with Crippen molar-refractivity contribution in [3.8, 4) is 11.5 Å². The highest BCUT2D eigenvalue weighted by Gasteiger charge is 2.16. The Morgan fingerprint density at radius 2 is 1.89 bits per heavy atom. The Morgan fingerprint density at radius 1 is 1.14 bits per heavy atom. The summed E-state index contributed by atoms with van der Waals surface area (Å²) in [5, 5.41) is 11.3. The summed E-state index contributed by atoms with van der Waals surface area (Å²) in [7, 11) is 1.66. The minimum Gasteiger partial charge on any atom is -0.490 e. The Morgan fingerprint density at radius 3 is 2.57 bits per heavy atom. The van der Waals surface area contributed by atoms with Gasteiger partial charge in [0.1, 0.15) is 5.69 Å². The first-order valence-corrected chi connectivity index (χ1v) is 9.29. The standard InChI is InChI=1S/C19H22ClN5O3/c1-4-27-16-7-6-13(8-17(16)28-5-2)11-25-12-14(9-22-25)23-19(26)18-15(20)10-21-24(18)3/h6-10,12H,4-5,11H2,1-3H3,(H,23,26). The molecule has 1 N–H and O–H groups in total. The quantitative estimate of drug-likeness (QED) is 0.623. The maximum Gasteiger partial charge on any atom is 0.275 e. The topological polar surface area (TPSA) is 83.2 Å². The minimum absolute atomic E-state index is 0.294. The molecular weight excluding hydrogens is 382 g/mol. The van der Waals surface area contributed by atoms with E-state index in [9.17, 15) is 4.79 Å². The van der Waals surface area contributed by atoms with Gasteiger partial charge >= 0.3 is 0 Å². The van der Waals surface area contributed by atoms with Crippen LogP contribution in [-0.4, -0.2) is 38.7 Å². The van der Waals surface area contributed by atoms with E-state index in [2.05, 4.69) is 15.5 Å². The SMILES string of the molecule is CCOc1ccc(Cn2cc(NC(=O)c3c(Cl)cnn3C)cn2)cc1OCC. The van der Waals surface area contributed by atoms with Crippen LogP contribution in [0.3, 0.4) is 0 Å². The van der Waals surface area contributed by atoms with Crippen molar-refractivity contribution in [2.75, 3.05) is 18.5 Å². The predicted molar refractivity (Wildman–Crippen MR) is 106 cm³/mol. The van der Waals surface area contributed by atoms with Crippen LogP contribution in [-0.2, 0) is 13.6 Å². The number of halogens is 1. The molecule has 0 bridgehead atoms. The van der Waals surface area contributed by atoms with Gasteiger partial charge in [-0.15, -0.1) is 0 Å². The summed E-state index contributed by atoms with van der Waals surface area (Å²) in [5.41, 5.74) is 1.86. The van der Waals surface area contributed by atoms with E-state index in [1.165, 1.54) is 10.9 Å². The van der Waals surface area contributed by atoms with Crippen molar-refractivity contribution in [2.45, 2.75) is 20.4 Å². The number of hydrogen-bond acceptors (Lipinski definition) is 5. The number of aryl methyl sites for hydroxylation is 1. The number of anilines is 1. The summed E-state index contributed by atoms with van der Waals surface area (Å²) < 4.78 is 14.4. The molecule has 28 heavy (non-hydrogen) atoms. The molecule has 3 rings (SSSR count). The van der Waals surface area contributed by atoms with E-state index in [-0.39, 0.29) is 5.91 Å². The Bertz CT molecular complexity index is 947. The molecule has 8 nitrogen and oxygen atoms in total. The molecule has 1 amide bonds. The van der Waals surface area contributed by atoms with Crippen LogP contribution in [0.15, 0.2) is 36.8 Å². The number of nitrogens with zero attached hydrogens (tertiary/aromatic N) is 4. The molecule has 0 aliphatic heterocycles. The number of carbonyl (C=O) groups is 1. The normalized spacial score (nSPS) is 10.7. The molecule has 0 aliphatic carbocycles. The van der Waals surface area contributed by atoms with Crippen LogP contribution in [0.1, 0.15) is 29.9 Å². The third-order valence-electron chi connectivity index (χ3n) is 3.95. The van der Waals surface area contributed by atoms with Crippen molar-refractivity contribution in [2.24, 2.45) is 7.05 Å². The minimum atomic E-state index is -0.343. The molecule has 3 aromatic rings. The zero-order valence-corrected chi connectivity index (χ0v) is 16.7. The molecule has 2 heterocycles. The fraction of sp³-hybridized carbons (Fsp3) is 0.316. The third kappa shape index (κ3) is 4.45. The van der Waals surface area contributed by atoms with Crippen molar-refractivity contribution in [1.82, 2.24) is 19.6 Å². The zero-order valence-electron chi connectivity index (χ0n) is 16.0. The Kier molecular flexibility index (Phi) is 6.20. The van der Waals surface area contributed by atoms with Crippen LogP contribution in [0.25, 0.3) is 0 Å². The number of nitrogens with one attached hydrogen (secondary N) is 1. The van der Waals surface area contributed by atoms with Gasteiger partial charge in [-0.1, -0.05) is 17.7 Å². The van der Waals surface area contributed by atoms with Crippen LogP contribution in [0, 0.1) is 0 Å². The molecular formula is C19H22ClN5O3. The number of ether oxygens (including phenoxy) is 2. The van der Waals surface area contributed by atoms with E-state index in [0.717, 1.165) is 11.3 Å². The van der Waals surface area contributed by atoms with Gasteiger partial charge in [-0.2, -0.15) is 10.2 Å². The number of benzene rings is 1. The van der Waals surface area contributed by atoms with Gasteiger partial charge in [-0.3, -0.25) is 14.2 Å². The maximum atomic E-state index is 12.4. The van der Waals surface area contributed by atoms with E-state index in [4.69, 9.17) is 21.1 Å². The molecule has 9 heteroatoms. The molecule has 0 fully saturated rings. The number of rotatable bonds is 8. The maximum absolute atomic E-state index is 12.4. The molecule has 2 aromatic heterocycles. The van der Waals surface area contributed by atoms with Gasteiger partial charge in [-0.05, 0) is 31.5 Å². The number of hydrogen-bond donors (Lipinski definition) is 1. The third-order valence-corrected chi connectivity index (χ3v) is 4.23. The lowest BCUT2D eigenvalue weighted by Gasteiger charge is -2.12. The van der Waals surface area contributed by atoms with Gasteiger partial charge in [0.25, 0.3) is 5.91 Å². The first-order chi connectivity index (χ1) is 13.5. The van der Waals surface area contributed by atoms with Gasteiger partial charge in [-0.25, -0.2) is 0 Å². The summed E-state index contributed by atoms with van der Waals surface area (Å²) in [6, 6.07) is 5.78. The highest BCUT2D eigenvalue weighted by Crippen LogP contribution is 2.29. The second kappa shape index (κ2) is 8.79. The lowest BCUT2D eigenvalue weighted by Crippen LogP contribution is -2.16. The zero-order chi connectivity index (χ0) is 20.1. The van der Waals surface area contributed by atoms with Crippen molar-refractivity contribution < 1.29 is 14.3 Å². The Hall–Kier alpha value is -3.00. The molecule has 0 atom stereocenters. The highest BCUT2D eigenvalue weighted by molar-refractivity contribution is 6.34. The van der Waals surface area contributed by atoms with E-state index in [1.807, 2.05) is 32.0 Å². The van der Waals surface area contributed by atoms with Crippen molar-refractivity contribution in [1.29, 1.82) is 0 Å². The van der Waals surface area contributed by atoms with Crippen LogP contribution < -0.4 is 14.8 Å². The number of carbonyl (C=O) groups excluding carboxylic acids is 1. The summed E-state index contributed by atoms with van der Waals surface area (Å²) in [5.74, 6) is 1.08. The number of amides is 1. The summed E-state index contributed by atoms with van der Waals surface area (Å²) in [6.45, 7) is 5.51. The fourth-order valence-corrected chi connectivity index (χ4v) is 3.00. The summed E-state index contributed by atoms with van der Waals surface area (Å²) in [6.07, 6.45) is 4.76. The second-order valence-electron chi connectivity index (χ2n) is 5.99. The summed E-state index contributed by atoms with van der Waals surface area (Å²) >= 11 is 6.01. The second-order valence-corrected chi connectivity index (χ2v) is 6.40. The van der Waals surface area contributed by atoms with Crippen LogP contribution in [0.5, 0.6) is 11.5 Å². The van der Waals surface area contributed by atoms with E-state index < -0.39 is 0 Å². The van der Waals surface area contributed by atoms with Crippen molar-refractivity contribution in [3.63, 3.8) is 0 Å². The van der Waals surface area contributed by atoms with Crippen LogP contribution in [0.4, 0.5) is 5.69 Å². The molecule has 0 radical (unpaired) electrons. The molecule has 0 unspecified atom stereocenters. The largest absolute Gasteiger partial charge is 0.490 e. The van der Waals surface area contributed by atoms with Gasteiger partial charge in [0.05, 0.1) is 42.9 Å². The molecule has 0 saturated heterocycles. The Balaban J connectivity index is 1.71. The first-order valence-electron chi connectivity index (χ1n) is 8.91. The lowest BCUT2D eigenvalue weighted by molar-refractivity contribution is 0.101. The van der Waals surface area contributed by atoms with E-state index in [0.29, 0.717) is 41.9 Å². The Labute approximate surface area is 168 Å². The van der Waals surface area contributed by atoms with E-state index >= 15 is 0 Å².